The Bertz CT molecular complexity index is 753. The van der Waals surface area contributed by atoms with Gasteiger partial charge in [0.1, 0.15) is 0 Å². The lowest BCUT2D eigenvalue weighted by molar-refractivity contribution is -0.121. The first-order chi connectivity index (χ1) is 13.1. The van der Waals surface area contributed by atoms with E-state index < -0.39 is 0 Å². The average molecular weight is 371 g/mol. The van der Waals surface area contributed by atoms with Crippen molar-refractivity contribution in [1.29, 1.82) is 0 Å². The van der Waals surface area contributed by atoms with Crippen LogP contribution < -0.4 is 5.32 Å². The van der Waals surface area contributed by atoms with Gasteiger partial charge in [-0.15, -0.1) is 0 Å². The van der Waals surface area contributed by atoms with E-state index in [9.17, 15) is 4.79 Å². The molecule has 0 aliphatic carbocycles. The van der Waals surface area contributed by atoms with E-state index in [0.717, 1.165) is 43.4 Å². The zero-order valence-electron chi connectivity index (χ0n) is 16.4. The van der Waals surface area contributed by atoms with Crippen LogP contribution in [0.3, 0.4) is 0 Å². The van der Waals surface area contributed by atoms with E-state index in [1.165, 1.54) is 5.56 Å². The number of carbonyl (C=O) groups is 1. The second-order valence-corrected chi connectivity index (χ2v) is 7.00. The highest BCUT2D eigenvalue weighted by Gasteiger charge is 2.24. The molecule has 0 radical (unpaired) electrons. The Morgan fingerprint density at radius 3 is 2.70 bits per heavy atom. The van der Waals surface area contributed by atoms with Crippen LogP contribution in [0, 0.1) is 13.8 Å². The summed E-state index contributed by atoms with van der Waals surface area (Å²) in [6.45, 7) is 7.74. The molecule has 146 valence electrons. The van der Waals surface area contributed by atoms with E-state index in [2.05, 4.69) is 20.3 Å². The van der Waals surface area contributed by atoms with Crippen molar-refractivity contribution in [3.8, 4) is 0 Å². The van der Waals surface area contributed by atoms with Gasteiger partial charge in [-0.2, -0.15) is 5.10 Å². The van der Waals surface area contributed by atoms with Crippen LogP contribution in [-0.2, 0) is 23.0 Å². The smallest absolute Gasteiger partial charge is 0.220 e. The molecule has 1 saturated heterocycles. The Morgan fingerprint density at radius 2 is 2.07 bits per heavy atom. The van der Waals surface area contributed by atoms with E-state index in [1.807, 2.05) is 43.8 Å². The van der Waals surface area contributed by atoms with Gasteiger partial charge in [0.25, 0.3) is 0 Å². The number of nitrogens with zero attached hydrogens (tertiary/aromatic N) is 4. The molecule has 2 aromatic rings. The molecule has 2 aromatic heterocycles. The maximum Gasteiger partial charge on any atom is 0.220 e. The summed E-state index contributed by atoms with van der Waals surface area (Å²) in [4.78, 5) is 19.3. The third-order valence-corrected chi connectivity index (χ3v) is 5.27. The summed E-state index contributed by atoms with van der Waals surface area (Å²) in [5.74, 6) is 0.0619. The van der Waals surface area contributed by atoms with Crippen molar-refractivity contribution in [2.75, 3.05) is 32.8 Å². The van der Waals surface area contributed by atoms with Gasteiger partial charge >= 0.3 is 0 Å². The number of carbonyl (C=O) groups excluding carboxylic acids is 1. The topological polar surface area (TPSA) is 72.3 Å². The second-order valence-electron chi connectivity index (χ2n) is 7.00. The number of rotatable bonds is 7. The van der Waals surface area contributed by atoms with Crippen LogP contribution in [0.2, 0.25) is 0 Å². The molecule has 1 amide bonds. The molecule has 7 nitrogen and oxygen atoms in total. The Hall–Kier alpha value is -2.25. The van der Waals surface area contributed by atoms with Gasteiger partial charge in [0.2, 0.25) is 5.91 Å². The molecule has 1 aliphatic rings. The Kier molecular flexibility index (Phi) is 6.58. The highest BCUT2D eigenvalue weighted by Crippen LogP contribution is 2.19. The van der Waals surface area contributed by atoms with Crippen molar-refractivity contribution in [2.45, 2.75) is 32.7 Å². The first-order valence-electron chi connectivity index (χ1n) is 9.54. The van der Waals surface area contributed by atoms with Gasteiger partial charge in [0, 0.05) is 45.0 Å². The summed E-state index contributed by atoms with van der Waals surface area (Å²) in [6, 6.07) is 6.00. The Balaban J connectivity index is 1.58. The molecule has 7 heteroatoms. The fourth-order valence-corrected chi connectivity index (χ4v) is 3.60. The third-order valence-electron chi connectivity index (χ3n) is 5.27. The van der Waals surface area contributed by atoms with Crippen LogP contribution in [-0.4, -0.2) is 58.4 Å². The van der Waals surface area contributed by atoms with E-state index in [4.69, 9.17) is 4.74 Å². The van der Waals surface area contributed by atoms with Crippen LogP contribution in [0.15, 0.2) is 24.4 Å². The number of aryl methyl sites for hydroxylation is 2. The molecule has 0 aromatic carbocycles. The maximum atomic E-state index is 12.5. The predicted octanol–water partition coefficient (Wildman–Crippen LogP) is 1.55. The van der Waals surface area contributed by atoms with Gasteiger partial charge in [-0.1, -0.05) is 6.07 Å². The maximum absolute atomic E-state index is 12.5. The summed E-state index contributed by atoms with van der Waals surface area (Å²) in [7, 11) is 1.94. The lowest BCUT2D eigenvalue weighted by atomic mass is 10.1. The monoisotopic (exact) mass is 371 g/mol. The van der Waals surface area contributed by atoms with Gasteiger partial charge in [0.15, 0.2) is 0 Å². The molecular weight excluding hydrogens is 342 g/mol. The van der Waals surface area contributed by atoms with Crippen LogP contribution >= 0.6 is 0 Å². The van der Waals surface area contributed by atoms with Crippen LogP contribution in [0.4, 0.5) is 0 Å². The minimum atomic E-state index is 0.0619. The Labute approximate surface area is 160 Å². The molecular formula is C20H29N5O2. The molecule has 0 unspecified atom stereocenters. The summed E-state index contributed by atoms with van der Waals surface area (Å²) < 4.78 is 7.34. The number of nitrogens with one attached hydrogen (secondary N) is 1. The molecule has 1 aliphatic heterocycles. The van der Waals surface area contributed by atoms with Gasteiger partial charge in [-0.05, 0) is 38.0 Å². The van der Waals surface area contributed by atoms with E-state index >= 15 is 0 Å². The van der Waals surface area contributed by atoms with Gasteiger partial charge in [0.05, 0.1) is 30.6 Å². The van der Waals surface area contributed by atoms with E-state index in [-0.39, 0.29) is 11.9 Å². The minimum absolute atomic E-state index is 0.0619. The largest absolute Gasteiger partial charge is 0.379 e. The molecule has 3 rings (SSSR count). The number of morpholine rings is 1. The first-order valence-corrected chi connectivity index (χ1v) is 9.54. The standard InChI is InChI=1S/C20H29N5O2/c1-15-17(16(2)24(3)23-15)7-8-20(26)22-14-19(18-6-4-5-9-21-18)25-10-12-27-13-11-25/h4-6,9,19H,7-8,10-14H2,1-3H3,(H,22,26)/t19-/m0/s1. The number of hydrogen-bond acceptors (Lipinski definition) is 5. The van der Waals surface area contributed by atoms with Gasteiger partial charge in [-0.3, -0.25) is 19.4 Å². The normalized spacial score (nSPS) is 16.3. The van der Waals surface area contributed by atoms with Crippen molar-refractivity contribution >= 4 is 5.91 Å². The summed E-state index contributed by atoms with van der Waals surface area (Å²) in [5, 5.41) is 7.53. The second kappa shape index (κ2) is 9.10. The molecule has 27 heavy (non-hydrogen) atoms. The SMILES string of the molecule is Cc1nn(C)c(C)c1CCC(=O)NC[C@@H](c1ccccn1)N1CCOCC1. The molecule has 0 spiro atoms. The number of ether oxygens (including phenoxy) is 1. The van der Waals surface area contributed by atoms with Gasteiger partial charge in [-0.25, -0.2) is 0 Å². The zero-order chi connectivity index (χ0) is 19.2. The predicted molar refractivity (Wildman–Crippen MR) is 103 cm³/mol. The number of pyridine rings is 1. The van der Waals surface area contributed by atoms with Crippen LogP contribution in [0.5, 0.6) is 0 Å². The van der Waals surface area contributed by atoms with Crippen molar-refractivity contribution in [3.05, 3.63) is 47.0 Å². The van der Waals surface area contributed by atoms with Crippen molar-refractivity contribution < 1.29 is 9.53 Å². The highest BCUT2D eigenvalue weighted by atomic mass is 16.5. The summed E-state index contributed by atoms with van der Waals surface area (Å²) >= 11 is 0. The molecule has 1 atom stereocenters. The van der Waals surface area contributed by atoms with Crippen molar-refractivity contribution in [3.63, 3.8) is 0 Å². The third kappa shape index (κ3) is 4.93. The number of aromatic nitrogens is 3. The molecule has 0 saturated carbocycles. The fraction of sp³-hybridized carbons (Fsp3) is 0.550. The van der Waals surface area contributed by atoms with Gasteiger partial charge < -0.3 is 10.1 Å². The van der Waals surface area contributed by atoms with Crippen LogP contribution in [0.1, 0.15) is 35.1 Å². The number of hydrogen-bond donors (Lipinski definition) is 1. The van der Waals surface area contributed by atoms with Crippen LogP contribution in [0.25, 0.3) is 0 Å². The molecule has 0 bridgehead atoms. The summed E-state index contributed by atoms with van der Waals surface area (Å²) in [6.07, 6.45) is 2.98. The lowest BCUT2D eigenvalue weighted by Gasteiger charge is -2.34. The fourth-order valence-electron chi connectivity index (χ4n) is 3.60. The van der Waals surface area contributed by atoms with E-state index in [1.54, 1.807) is 6.20 Å². The van der Waals surface area contributed by atoms with Crippen molar-refractivity contribution in [1.82, 2.24) is 25.0 Å². The molecule has 1 N–H and O–H groups in total. The first kappa shape index (κ1) is 19.5. The number of amides is 1. The summed E-state index contributed by atoms with van der Waals surface area (Å²) in [5.41, 5.74) is 4.28. The zero-order valence-corrected chi connectivity index (χ0v) is 16.4. The lowest BCUT2D eigenvalue weighted by Crippen LogP contribution is -2.44. The van der Waals surface area contributed by atoms with Crippen molar-refractivity contribution in [2.24, 2.45) is 7.05 Å². The quantitative estimate of drug-likeness (QED) is 0.800. The highest BCUT2D eigenvalue weighted by molar-refractivity contribution is 5.76. The van der Waals surface area contributed by atoms with E-state index in [0.29, 0.717) is 19.4 Å². The minimum Gasteiger partial charge on any atom is -0.379 e. The molecule has 1 fully saturated rings. The Morgan fingerprint density at radius 1 is 1.30 bits per heavy atom. The molecule has 3 heterocycles. The average Bonchev–Trinajstić information content (AvgIpc) is 2.93.